The van der Waals surface area contributed by atoms with Crippen molar-refractivity contribution in [1.29, 1.82) is 0 Å². The molecular formula is C2H6N2O2S. The van der Waals surface area contributed by atoms with E-state index in [0.29, 0.717) is 0 Å². The molecule has 0 saturated carbocycles. The Morgan fingerprint density at radius 2 is 2.43 bits per heavy atom. The lowest BCUT2D eigenvalue weighted by Gasteiger charge is -1.83. The second-order valence-electron chi connectivity index (χ2n) is 0.897. The number of nitrogens with zero attached hydrogens (tertiary/aromatic N) is 1. The van der Waals surface area contributed by atoms with E-state index in [1.54, 1.807) is 0 Å². The first-order valence-corrected chi connectivity index (χ1v) is 2.64. The first-order chi connectivity index (χ1) is 3.18. The van der Waals surface area contributed by atoms with Crippen LogP contribution in [0.25, 0.3) is 0 Å². The molecule has 0 heterocycles. The number of hydrogen-bond acceptors (Lipinski definition) is 3. The Labute approximate surface area is 43.7 Å². The SMILES string of the molecule is CC(=NN)S(=O)O. The van der Waals surface area contributed by atoms with E-state index in [4.69, 9.17) is 4.55 Å². The first kappa shape index (κ1) is 6.58. The number of rotatable bonds is 0. The molecule has 1 unspecified atom stereocenters. The molecule has 0 bridgehead atoms. The summed E-state index contributed by atoms with van der Waals surface area (Å²) >= 11 is -1.99. The number of hydrogen-bond donors (Lipinski definition) is 2. The van der Waals surface area contributed by atoms with Crippen molar-refractivity contribution in [3.8, 4) is 0 Å². The lowest BCUT2D eigenvalue weighted by molar-refractivity contribution is 0.577. The van der Waals surface area contributed by atoms with E-state index in [9.17, 15) is 4.21 Å². The van der Waals surface area contributed by atoms with Crippen LogP contribution in [-0.2, 0) is 11.1 Å². The molecule has 1 atom stereocenters. The molecule has 5 heteroatoms. The van der Waals surface area contributed by atoms with Crippen LogP contribution in [0.4, 0.5) is 0 Å². The summed E-state index contributed by atoms with van der Waals surface area (Å²) in [5, 5.41) is 2.98. The Morgan fingerprint density at radius 1 is 2.00 bits per heavy atom. The average molecular weight is 122 g/mol. The Bertz CT molecular complexity index is 110. The lowest BCUT2D eigenvalue weighted by Crippen LogP contribution is -2.02. The van der Waals surface area contributed by atoms with Gasteiger partial charge in [0.05, 0.1) is 0 Å². The van der Waals surface area contributed by atoms with E-state index in [1.165, 1.54) is 6.92 Å². The average Bonchev–Trinajstić information content (AvgIpc) is 1.65. The van der Waals surface area contributed by atoms with Gasteiger partial charge in [-0.3, -0.25) is 0 Å². The monoisotopic (exact) mass is 122 g/mol. The second-order valence-corrected chi connectivity index (χ2v) is 1.99. The van der Waals surface area contributed by atoms with Gasteiger partial charge in [0, 0.05) is 0 Å². The summed E-state index contributed by atoms with van der Waals surface area (Å²) < 4.78 is 17.9. The van der Waals surface area contributed by atoms with E-state index >= 15 is 0 Å². The van der Waals surface area contributed by atoms with Crippen molar-refractivity contribution in [2.24, 2.45) is 10.9 Å². The van der Waals surface area contributed by atoms with E-state index in [2.05, 4.69) is 10.9 Å². The van der Waals surface area contributed by atoms with Gasteiger partial charge in [-0.25, -0.2) is 4.21 Å². The molecule has 0 saturated heterocycles. The minimum absolute atomic E-state index is 0.0278. The molecule has 0 aromatic carbocycles. The van der Waals surface area contributed by atoms with Gasteiger partial charge in [0.15, 0.2) is 0 Å². The Morgan fingerprint density at radius 3 is 2.43 bits per heavy atom. The van der Waals surface area contributed by atoms with Crippen molar-refractivity contribution in [2.75, 3.05) is 0 Å². The quantitative estimate of drug-likeness (QED) is 0.149. The zero-order valence-electron chi connectivity index (χ0n) is 3.79. The molecule has 0 aromatic heterocycles. The van der Waals surface area contributed by atoms with Gasteiger partial charge in [0.2, 0.25) is 11.1 Å². The van der Waals surface area contributed by atoms with Crippen LogP contribution >= 0.6 is 0 Å². The van der Waals surface area contributed by atoms with Gasteiger partial charge in [-0.2, -0.15) is 5.10 Å². The first-order valence-electron chi connectivity index (χ1n) is 1.54. The summed E-state index contributed by atoms with van der Waals surface area (Å²) in [7, 11) is 0. The van der Waals surface area contributed by atoms with Crippen molar-refractivity contribution < 1.29 is 8.76 Å². The van der Waals surface area contributed by atoms with Crippen LogP contribution in [0.3, 0.4) is 0 Å². The summed E-state index contributed by atoms with van der Waals surface area (Å²) in [5.41, 5.74) is 0. The van der Waals surface area contributed by atoms with Crippen LogP contribution in [-0.4, -0.2) is 13.8 Å². The van der Waals surface area contributed by atoms with Crippen LogP contribution in [0.1, 0.15) is 6.92 Å². The molecule has 0 aliphatic carbocycles. The third-order valence-corrected chi connectivity index (χ3v) is 1.05. The molecule has 0 fully saturated rings. The summed E-state index contributed by atoms with van der Waals surface area (Å²) in [5.74, 6) is 4.61. The van der Waals surface area contributed by atoms with Crippen molar-refractivity contribution in [3.63, 3.8) is 0 Å². The van der Waals surface area contributed by atoms with Crippen LogP contribution < -0.4 is 5.84 Å². The summed E-state index contributed by atoms with van der Waals surface area (Å²) in [6, 6.07) is 0. The minimum Gasteiger partial charge on any atom is -0.322 e. The summed E-state index contributed by atoms with van der Waals surface area (Å²) in [4.78, 5) is 0. The van der Waals surface area contributed by atoms with E-state index in [0.717, 1.165) is 0 Å². The zero-order valence-corrected chi connectivity index (χ0v) is 4.60. The summed E-state index contributed by atoms with van der Waals surface area (Å²) in [6.07, 6.45) is 0. The maximum atomic E-state index is 9.83. The van der Waals surface area contributed by atoms with E-state index < -0.39 is 11.1 Å². The molecule has 0 radical (unpaired) electrons. The molecule has 4 nitrogen and oxygen atoms in total. The fraction of sp³-hybridized carbons (Fsp3) is 0.500. The molecule has 0 rings (SSSR count). The molecule has 0 spiro atoms. The Balaban J connectivity index is 3.82. The molecule has 0 aliphatic rings. The standard InChI is InChI=1S/C2H6N2O2S/c1-2(4-3)7(5)6/h3H2,1H3,(H,5,6). The third kappa shape index (κ3) is 2.30. The molecule has 0 amide bonds. The minimum atomic E-state index is -1.99. The molecule has 7 heavy (non-hydrogen) atoms. The Kier molecular flexibility index (Phi) is 2.54. The van der Waals surface area contributed by atoms with Crippen LogP contribution in [0, 0.1) is 0 Å². The topological polar surface area (TPSA) is 75.7 Å². The second kappa shape index (κ2) is 2.70. The normalized spacial score (nSPS) is 16.6. The van der Waals surface area contributed by atoms with Crippen molar-refractivity contribution in [3.05, 3.63) is 0 Å². The maximum Gasteiger partial charge on any atom is 0.202 e. The van der Waals surface area contributed by atoms with Gasteiger partial charge in [-0.1, -0.05) is 0 Å². The molecule has 42 valence electrons. The van der Waals surface area contributed by atoms with Gasteiger partial charge >= 0.3 is 0 Å². The highest BCUT2D eigenvalue weighted by atomic mass is 32.2. The van der Waals surface area contributed by atoms with Crippen molar-refractivity contribution in [2.45, 2.75) is 6.92 Å². The van der Waals surface area contributed by atoms with Gasteiger partial charge in [0.1, 0.15) is 5.04 Å². The number of nitrogens with two attached hydrogens (primary N) is 1. The number of hydrazone groups is 1. The van der Waals surface area contributed by atoms with Crippen LogP contribution in [0.15, 0.2) is 5.10 Å². The largest absolute Gasteiger partial charge is 0.322 e. The zero-order chi connectivity index (χ0) is 5.86. The molecule has 0 aliphatic heterocycles. The fourth-order valence-electron chi connectivity index (χ4n) is 0.0451. The van der Waals surface area contributed by atoms with Gasteiger partial charge in [-0.15, -0.1) is 0 Å². The smallest absolute Gasteiger partial charge is 0.202 e. The highest BCUT2D eigenvalue weighted by Gasteiger charge is 1.93. The van der Waals surface area contributed by atoms with E-state index in [-0.39, 0.29) is 5.04 Å². The van der Waals surface area contributed by atoms with E-state index in [1.807, 2.05) is 0 Å². The highest BCUT2D eigenvalue weighted by Crippen LogP contribution is 1.75. The van der Waals surface area contributed by atoms with Crippen molar-refractivity contribution in [1.82, 2.24) is 0 Å². The lowest BCUT2D eigenvalue weighted by atomic mass is 10.9. The van der Waals surface area contributed by atoms with Crippen LogP contribution in [0.2, 0.25) is 0 Å². The van der Waals surface area contributed by atoms with Gasteiger partial charge < -0.3 is 10.4 Å². The molecule has 0 aromatic rings. The third-order valence-electron chi connectivity index (χ3n) is 0.435. The fourth-order valence-corrected chi connectivity index (χ4v) is 0.135. The van der Waals surface area contributed by atoms with Crippen molar-refractivity contribution >= 4 is 16.1 Å². The van der Waals surface area contributed by atoms with Crippen LogP contribution in [0.5, 0.6) is 0 Å². The predicted octanol–water partition coefficient (Wildman–Crippen LogP) is -0.500. The molecular weight excluding hydrogens is 116 g/mol. The maximum absolute atomic E-state index is 9.83. The van der Waals surface area contributed by atoms with Gasteiger partial charge in [-0.05, 0) is 6.92 Å². The Hall–Kier alpha value is -0.420. The molecule has 3 N–H and O–H groups in total. The predicted molar refractivity (Wildman–Crippen MR) is 28.1 cm³/mol. The summed E-state index contributed by atoms with van der Waals surface area (Å²) in [6.45, 7) is 1.37. The highest BCUT2D eigenvalue weighted by molar-refractivity contribution is 7.95. The van der Waals surface area contributed by atoms with Gasteiger partial charge in [0.25, 0.3) is 0 Å².